The highest BCUT2D eigenvalue weighted by Gasteiger charge is 2.35. The van der Waals surface area contributed by atoms with Crippen LogP contribution in [0.25, 0.3) is 0 Å². The number of hydrogen-bond donors (Lipinski definition) is 2. The van der Waals surface area contributed by atoms with Gasteiger partial charge in [-0.05, 0) is 43.0 Å². The number of methoxy groups -OCH3 is 1. The molecule has 0 saturated carbocycles. The van der Waals surface area contributed by atoms with E-state index in [1.54, 1.807) is 31.2 Å². The fourth-order valence-electron chi connectivity index (χ4n) is 5.84. The van der Waals surface area contributed by atoms with Crippen molar-refractivity contribution >= 4 is 5.97 Å². The number of aromatic hydroxyl groups is 2. The van der Waals surface area contributed by atoms with Gasteiger partial charge in [0.15, 0.2) is 17.3 Å². The van der Waals surface area contributed by atoms with E-state index in [0.717, 1.165) is 18.7 Å². The lowest BCUT2D eigenvalue weighted by atomic mass is 9.83. The number of hydrogen-bond acceptors (Lipinski definition) is 9. The molecule has 3 atom stereocenters. The monoisotopic (exact) mass is 536 g/mol. The zero-order valence-electron chi connectivity index (χ0n) is 22.0. The van der Waals surface area contributed by atoms with Crippen molar-refractivity contribution in [1.82, 2.24) is 9.47 Å². The Labute approximate surface area is 225 Å². The molecular weight excluding hydrogens is 504 g/mol. The van der Waals surface area contributed by atoms with Crippen LogP contribution in [-0.4, -0.2) is 52.5 Å². The summed E-state index contributed by atoms with van der Waals surface area (Å²) in [4.78, 5) is 39.8. The molecule has 4 heterocycles. The number of esters is 1. The van der Waals surface area contributed by atoms with E-state index in [4.69, 9.17) is 13.9 Å². The average Bonchev–Trinajstić information content (AvgIpc) is 2.91. The number of phenolic OH excluding ortho intramolecular Hbond substituents is 1. The van der Waals surface area contributed by atoms with Crippen LogP contribution in [0.15, 0.2) is 56.5 Å². The van der Waals surface area contributed by atoms with Gasteiger partial charge in [0.1, 0.15) is 5.76 Å². The largest absolute Gasteiger partial charge is 0.504 e. The van der Waals surface area contributed by atoms with E-state index in [1.807, 2.05) is 10.6 Å². The first-order valence-electron chi connectivity index (χ1n) is 13.1. The molecule has 1 aromatic carbocycles. The normalized spacial score (nSPS) is 19.2. The van der Waals surface area contributed by atoms with Crippen molar-refractivity contribution in [2.45, 2.75) is 44.7 Å². The topological polar surface area (TPSA) is 131 Å². The van der Waals surface area contributed by atoms with Crippen molar-refractivity contribution in [2.75, 3.05) is 26.8 Å². The number of pyridine rings is 1. The summed E-state index contributed by atoms with van der Waals surface area (Å²) in [5.41, 5.74) is 0.931. The Hall–Kier alpha value is -4.05. The first kappa shape index (κ1) is 26.6. The lowest BCUT2D eigenvalue weighted by Gasteiger charge is -2.42. The number of carbonyl (C=O) groups excluding carboxylic acids is 1. The number of phenols is 1. The number of piperidine rings is 1. The van der Waals surface area contributed by atoms with Gasteiger partial charge in [-0.15, -0.1) is 0 Å². The van der Waals surface area contributed by atoms with Gasteiger partial charge in [0, 0.05) is 43.4 Å². The summed E-state index contributed by atoms with van der Waals surface area (Å²) in [6, 6.07) is 11.2. The van der Waals surface area contributed by atoms with E-state index in [0.29, 0.717) is 43.5 Å². The molecule has 10 nitrogen and oxygen atoms in total. The summed E-state index contributed by atoms with van der Waals surface area (Å²) in [6.07, 6.45) is 0.793. The van der Waals surface area contributed by atoms with Crippen molar-refractivity contribution in [1.29, 1.82) is 0 Å². The van der Waals surface area contributed by atoms with Crippen LogP contribution >= 0.6 is 0 Å². The molecule has 5 rings (SSSR count). The first-order valence-corrected chi connectivity index (χ1v) is 13.1. The maximum atomic E-state index is 12.9. The second-order valence-electron chi connectivity index (χ2n) is 10.2. The summed E-state index contributed by atoms with van der Waals surface area (Å²) >= 11 is 0. The molecule has 0 spiro atoms. The van der Waals surface area contributed by atoms with Crippen molar-refractivity contribution < 1.29 is 28.9 Å². The zero-order chi connectivity index (χ0) is 27.7. The second-order valence-corrected chi connectivity index (χ2v) is 10.2. The minimum absolute atomic E-state index is 0.0168. The summed E-state index contributed by atoms with van der Waals surface area (Å²) < 4.78 is 18.4. The molecule has 2 aliphatic rings. The number of likely N-dealkylation sites (tertiary alicyclic amines) is 1. The SMILES string of the molecule is CCOc1cc([C@H](CC(=O)OC)c2oc(CN3C[C@H]4C[C@@H](C3)c3cccc(=O)n3C4)cc(=O)c2O)ccc1O. The molecule has 0 unspecified atom stereocenters. The van der Waals surface area contributed by atoms with Crippen molar-refractivity contribution in [3.8, 4) is 17.2 Å². The minimum atomic E-state index is -0.857. The summed E-state index contributed by atoms with van der Waals surface area (Å²) in [5, 5.41) is 20.9. The summed E-state index contributed by atoms with van der Waals surface area (Å²) in [6.45, 7) is 4.50. The number of benzene rings is 1. The Bertz CT molecular complexity index is 1490. The molecule has 2 aromatic heterocycles. The predicted octanol–water partition coefficient (Wildman–Crippen LogP) is 2.93. The standard InChI is InChI=1S/C29H32N2O8/c1-3-38-25-10-18(7-8-23(25)32)21(12-27(35)37-2)29-28(36)24(33)11-20(39-29)16-30-13-17-9-19(15-30)22-5-4-6-26(34)31(22)14-17/h4-8,10-11,17,19,21,32,36H,3,9,12-16H2,1-2H3/t17-,19+,21+/m1/s1. The molecule has 0 aliphatic carbocycles. The maximum absolute atomic E-state index is 12.9. The Morgan fingerprint density at radius 3 is 2.72 bits per heavy atom. The number of ether oxygens (including phenoxy) is 2. The van der Waals surface area contributed by atoms with Crippen molar-refractivity contribution in [2.24, 2.45) is 5.92 Å². The Morgan fingerprint density at radius 1 is 1.13 bits per heavy atom. The van der Waals surface area contributed by atoms with Crippen LogP contribution in [0.5, 0.6) is 17.2 Å². The molecular formula is C29H32N2O8. The highest BCUT2D eigenvalue weighted by molar-refractivity contribution is 5.71. The van der Waals surface area contributed by atoms with E-state index in [9.17, 15) is 24.6 Å². The van der Waals surface area contributed by atoms with Crippen LogP contribution in [0, 0.1) is 5.92 Å². The molecule has 10 heteroatoms. The molecule has 0 radical (unpaired) electrons. The Morgan fingerprint density at radius 2 is 1.95 bits per heavy atom. The fourth-order valence-corrected chi connectivity index (χ4v) is 5.84. The highest BCUT2D eigenvalue weighted by atomic mass is 16.5. The number of rotatable bonds is 8. The predicted molar refractivity (Wildman–Crippen MR) is 141 cm³/mol. The zero-order valence-corrected chi connectivity index (χ0v) is 22.0. The van der Waals surface area contributed by atoms with E-state index in [-0.39, 0.29) is 35.2 Å². The van der Waals surface area contributed by atoms with E-state index in [2.05, 4.69) is 4.90 Å². The number of fused-ring (bicyclic) bond motifs is 4. The molecule has 206 valence electrons. The third-order valence-electron chi connectivity index (χ3n) is 7.54. The Balaban J connectivity index is 1.47. The molecule has 0 amide bonds. The van der Waals surface area contributed by atoms with E-state index in [1.165, 1.54) is 19.2 Å². The van der Waals surface area contributed by atoms with Crippen LogP contribution < -0.4 is 15.7 Å². The number of aromatic nitrogens is 1. The molecule has 2 aliphatic heterocycles. The molecule has 1 fully saturated rings. The quantitative estimate of drug-likeness (QED) is 0.417. The van der Waals surface area contributed by atoms with Gasteiger partial charge >= 0.3 is 5.97 Å². The van der Waals surface area contributed by atoms with Gasteiger partial charge in [-0.2, -0.15) is 0 Å². The van der Waals surface area contributed by atoms with Gasteiger partial charge in [0.05, 0.1) is 32.6 Å². The first-order chi connectivity index (χ1) is 18.8. The van der Waals surface area contributed by atoms with Crippen molar-refractivity contribution in [3.63, 3.8) is 0 Å². The molecule has 2 N–H and O–H groups in total. The minimum Gasteiger partial charge on any atom is -0.504 e. The summed E-state index contributed by atoms with van der Waals surface area (Å²) in [5.74, 6) is -1.07. The maximum Gasteiger partial charge on any atom is 0.306 e. The fraction of sp³-hybridized carbons (Fsp3) is 0.414. The van der Waals surface area contributed by atoms with Gasteiger partial charge in [0.2, 0.25) is 11.2 Å². The second kappa shape index (κ2) is 11.0. The van der Waals surface area contributed by atoms with Crippen LogP contribution in [0.4, 0.5) is 0 Å². The van der Waals surface area contributed by atoms with E-state index >= 15 is 0 Å². The van der Waals surface area contributed by atoms with Crippen LogP contribution in [0.1, 0.15) is 54.4 Å². The smallest absolute Gasteiger partial charge is 0.306 e. The number of carbonyl (C=O) groups is 1. The third kappa shape index (κ3) is 5.42. The van der Waals surface area contributed by atoms with Crippen LogP contribution in [0.3, 0.4) is 0 Å². The van der Waals surface area contributed by atoms with Gasteiger partial charge in [-0.1, -0.05) is 12.1 Å². The number of nitrogens with zero attached hydrogens (tertiary/aromatic N) is 2. The van der Waals surface area contributed by atoms with Gasteiger partial charge in [0.25, 0.3) is 5.56 Å². The lowest BCUT2D eigenvalue weighted by molar-refractivity contribution is -0.140. The van der Waals surface area contributed by atoms with Gasteiger partial charge in [-0.25, -0.2) is 0 Å². The Kier molecular flexibility index (Phi) is 7.47. The van der Waals surface area contributed by atoms with E-state index < -0.39 is 23.1 Å². The molecule has 3 aromatic rings. The van der Waals surface area contributed by atoms with Gasteiger partial charge < -0.3 is 28.7 Å². The molecule has 1 saturated heterocycles. The van der Waals surface area contributed by atoms with Gasteiger partial charge in [-0.3, -0.25) is 19.3 Å². The van der Waals surface area contributed by atoms with Crippen molar-refractivity contribution in [3.05, 3.63) is 85.8 Å². The molecule has 39 heavy (non-hydrogen) atoms. The third-order valence-corrected chi connectivity index (χ3v) is 7.54. The van der Waals surface area contributed by atoms with Crippen LogP contribution in [0.2, 0.25) is 0 Å². The highest BCUT2D eigenvalue weighted by Crippen LogP contribution is 2.39. The van der Waals surface area contributed by atoms with Crippen LogP contribution in [-0.2, 0) is 22.6 Å². The molecule has 2 bridgehead atoms. The summed E-state index contributed by atoms with van der Waals surface area (Å²) in [7, 11) is 1.26. The average molecular weight is 537 g/mol. The lowest BCUT2D eigenvalue weighted by Crippen LogP contribution is -2.46.